The Morgan fingerprint density at radius 1 is 1.27 bits per heavy atom. The molecule has 0 spiro atoms. The van der Waals surface area contributed by atoms with Gasteiger partial charge in [-0.15, -0.1) is 0 Å². The van der Waals surface area contributed by atoms with Crippen LogP contribution in [-0.4, -0.2) is 21.8 Å². The molecule has 2 aromatic rings. The average Bonchev–Trinajstić information content (AvgIpc) is 2.88. The van der Waals surface area contributed by atoms with Crippen LogP contribution in [0.1, 0.15) is 43.3 Å². The molecular weight excluding hydrogens is 292 g/mol. The number of aryl methyl sites for hydroxylation is 1. The molecule has 0 fully saturated rings. The van der Waals surface area contributed by atoms with Gasteiger partial charge in [-0.05, 0) is 30.5 Å². The minimum atomic E-state index is -0.982. The Bertz CT molecular complexity index is 631. The quantitative estimate of drug-likeness (QED) is 0.858. The smallest absolute Gasteiger partial charge is 0.244 e. The van der Waals surface area contributed by atoms with E-state index < -0.39 is 17.7 Å². The lowest BCUT2D eigenvalue weighted by Crippen LogP contribution is -2.30. The van der Waals surface area contributed by atoms with Crippen LogP contribution in [0, 0.1) is 24.5 Å². The fourth-order valence-corrected chi connectivity index (χ4v) is 2.12. The number of aromatic nitrogens is 2. The van der Waals surface area contributed by atoms with Crippen LogP contribution in [0.25, 0.3) is 0 Å². The van der Waals surface area contributed by atoms with Gasteiger partial charge in [-0.3, -0.25) is 0 Å². The molecule has 1 aromatic heterocycles. The number of hydrogen-bond acceptors (Lipinski definition) is 5. The standard InChI is InChI=1S/C15H19F2N3O2/c1-8(2)14(15-19-9(3)20-22-15)18-7-13(21)10-4-5-11(16)12(17)6-10/h4-6,8,13-14,18,21H,7H2,1-3H3. The number of benzene rings is 1. The summed E-state index contributed by atoms with van der Waals surface area (Å²) in [5, 5.41) is 17.0. The van der Waals surface area contributed by atoms with Crippen LogP contribution in [0.3, 0.4) is 0 Å². The van der Waals surface area contributed by atoms with E-state index >= 15 is 0 Å². The monoisotopic (exact) mass is 311 g/mol. The zero-order valence-electron chi connectivity index (χ0n) is 12.7. The van der Waals surface area contributed by atoms with Crippen molar-refractivity contribution in [3.63, 3.8) is 0 Å². The molecule has 0 bridgehead atoms. The van der Waals surface area contributed by atoms with Gasteiger partial charge >= 0.3 is 0 Å². The molecular formula is C15H19F2N3O2. The molecule has 2 N–H and O–H groups in total. The van der Waals surface area contributed by atoms with E-state index in [9.17, 15) is 13.9 Å². The summed E-state index contributed by atoms with van der Waals surface area (Å²) in [5.74, 6) is -0.805. The van der Waals surface area contributed by atoms with Crippen molar-refractivity contribution in [2.24, 2.45) is 5.92 Å². The zero-order chi connectivity index (χ0) is 16.3. The van der Waals surface area contributed by atoms with E-state index in [0.29, 0.717) is 17.3 Å². The number of rotatable bonds is 6. The minimum Gasteiger partial charge on any atom is -0.387 e. The normalized spacial score (nSPS) is 14.3. The summed E-state index contributed by atoms with van der Waals surface area (Å²) < 4.78 is 31.2. The first-order chi connectivity index (χ1) is 10.4. The second-order valence-electron chi connectivity index (χ2n) is 5.50. The van der Waals surface area contributed by atoms with Crippen molar-refractivity contribution < 1.29 is 18.4 Å². The molecule has 0 aliphatic rings. The summed E-state index contributed by atoms with van der Waals surface area (Å²) in [6.45, 7) is 5.82. The van der Waals surface area contributed by atoms with E-state index in [1.165, 1.54) is 6.07 Å². The van der Waals surface area contributed by atoms with E-state index in [-0.39, 0.29) is 18.5 Å². The third-order valence-corrected chi connectivity index (χ3v) is 3.34. The van der Waals surface area contributed by atoms with Crippen molar-refractivity contribution in [3.8, 4) is 0 Å². The van der Waals surface area contributed by atoms with Gasteiger partial charge in [-0.25, -0.2) is 8.78 Å². The van der Waals surface area contributed by atoms with E-state index in [0.717, 1.165) is 12.1 Å². The van der Waals surface area contributed by atoms with Crippen molar-refractivity contribution in [1.29, 1.82) is 0 Å². The van der Waals surface area contributed by atoms with Gasteiger partial charge in [0.1, 0.15) is 0 Å². The SMILES string of the molecule is Cc1noc(C(NCC(O)c2ccc(F)c(F)c2)C(C)C)n1. The molecule has 0 radical (unpaired) electrons. The van der Waals surface area contributed by atoms with Gasteiger partial charge in [0, 0.05) is 6.54 Å². The molecule has 2 rings (SSSR count). The van der Waals surface area contributed by atoms with Gasteiger partial charge in [0.25, 0.3) is 0 Å². The van der Waals surface area contributed by atoms with E-state index in [1.807, 2.05) is 13.8 Å². The first kappa shape index (κ1) is 16.5. The molecule has 0 saturated heterocycles. The van der Waals surface area contributed by atoms with Crippen LogP contribution in [0.2, 0.25) is 0 Å². The van der Waals surface area contributed by atoms with Gasteiger partial charge in [-0.2, -0.15) is 4.98 Å². The first-order valence-corrected chi connectivity index (χ1v) is 7.05. The third kappa shape index (κ3) is 3.86. The maximum atomic E-state index is 13.2. The molecule has 1 heterocycles. The molecule has 2 unspecified atom stereocenters. The Labute approximate surface area is 127 Å². The number of hydrogen-bond donors (Lipinski definition) is 2. The highest BCUT2D eigenvalue weighted by Crippen LogP contribution is 2.22. The molecule has 120 valence electrons. The van der Waals surface area contributed by atoms with E-state index in [2.05, 4.69) is 15.5 Å². The molecule has 0 aliphatic carbocycles. The Morgan fingerprint density at radius 3 is 2.55 bits per heavy atom. The summed E-state index contributed by atoms with van der Waals surface area (Å²) >= 11 is 0. The van der Waals surface area contributed by atoms with Gasteiger partial charge in [0.2, 0.25) is 5.89 Å². The topological polar surface area (TPSA) is 71.2 Å². The molecule has 7 heteroatoms. The Hall–Kier alpha value is -1.86. The predicted octanol–water partition coefficient (Wildman–Crippen LogP) is 2.68. The van der Waals surface area contributed by atoms with Crippen molar-refractivity contribution >= 4 is 0 Å². The fourth-order valence-electron chi connectivity index (χ4n) is 2.12. The molecule has 2 atom stereocenters. The number of nitrogens with one attached hydrogen (secondary N) is 1. The Balaban J connectivity index is 2.04. The lowest BCUT2D eigenvalue weighted by Gasteiger charge is -2.21. The predicted molar refractivity (Wildman–Crippen MR) is 75.9 cm³/mol. The minimum absolute atomic E-state index is 0.148. The van der Waals surface area contributed by atoms with Crippen LogP contribution in [0.4, 0.5) is 8.78 Å². The molecule has 0 aliphatic heterocycles. The van der Waals surface area contributed by atoms with Crippen molar-refractivity contribution in [2.45, 2.75) is 32.9 Å². The molecule has 0 amide bonds. The zero-order valence-corrected chi connectivity index (χ0v) is 12.7. The second kappa shape index (κ2) is 6.93. The highest BCUT2D eigenvalue weighted by molar-refractivity contribution is 5.20. The average molecular weight is 311 g/mol. The van der Waals surface area contributed by atoms with Crippen LogP contribution in [-0.2, 0) is 0 Å². The summed E-state index contributed by atoms with van der Waals surface area (Å²) in [4.78, 5) is 4.18. The fraction of sp³-hybridized carbons (Fsp3) is 0.467. The van der Waals surface area contributed by atoms with Crippen molar-refractivity contribution in [3.05, 3.63) is 47.1 Å². The molecule has 0 saturated carbocycles. The Kier molecular flexibility index (Phi) is 5.20. The number of halogens is 2. The first-order valence-electron chi connectivity index (χ1n) is 7.05. The number of nitrogens with zero attached hydrogens (tertiary/aromatic N) is 2. The maximum Gasteiger partial charge on any atom is 0.244 e. The highest BCUT2D eigenvalue weighted by atomic mass is 19.2. The van der Waals surface area contributed by atoms with Gasteiger partial charge in [0.15, 0.2) is 17.5 Å². The summed E-state index contributed by atoms with van der Waals surface area (Å²) in [5.41, 5.74) is 0.301. The second-order valence-corrected chi connectivity index (χ2v) is 5.50. The largest absolute Gasteiger partial charge is 0.387 e. The maximum absolute atomic E-state index is 13.2. The van der Waals surface area contributed by atoms with Crippen molar-refractivity contribution in [1.82, 2.24) is 15.5 Å². The van der Waals surface area contributed by atoms with E-state index in [4.69, 9.17) is 4.52 Å². The van der Waals surface area contributed by atoms with Crippen molar-refractivity contribution in [2.75, 3.05) is 6.54 Å². The third-order valence-electron chi connectivity index (χ3n) is 3.34. The summed E-state index contributed by atoms with van der Waals surface area (Å²) in [7, 11) is 0. The number of aliphatic hydroxyl groups is 1. The van der Waals surface area contributed by atoms with E-state index in [1.54, 1.807) is 6.92 Å². The van der Waals surface area contributed by atoms with Gasteiger partial charge in [0.05, 0.1) is 12.1 Å². The Morgan fingerprint density at radius 2 is 2.00 bits per heavy atom. The summed E-state index contributed by atoms with van der Waals surface area (Å²) in [6.07, 6.45) is -0.972. The van der Waals surface area contributed by atoms with Gasteiger partial charge < -0.3 is 14.9 Å². The van der Waals surface area contributed by atoms with Crippen LogP contribution < -0.4 is 5.32 Å². The molecule has 1 aromatic carbocycles. The number of aliphatic hydroxyl groups excluding tert-OH is 1. The summed E-state index contributed by atoms with van der Waals surface area (Å²) in [6, 6.07) is 3.10. The van der Waals surface area contributed by atoms with Crippen LogP contribution in [0.5, 0.6) is 0 Å². The molecule has 22 heavy (non-hydrogen) atoms. The highest BCUT2D eigenvalue weighted by Gasteiger charge is 2.23. The van der Waals surface area contributed by atoms with Crippen LogP contribution in [0.15, 0.2) is 22.7 Å². The van der Waals surface area contributed by atoms with Crippen LogP contribution >= 0.6 is 0 Å². The lowest BCUT2D eigenvalue weighted by atomic mass is 10.0. The van der Waals surface area contributed by atoms with Gasteiger partial charge in [-0.1, -0.05) is 25.1 Å². The molecule has 5 nitrogen and oxygen atoms in total. The lowest BCUT2D eigenvalue weighted by molar-refractivity contribution is 0.159.